The number of rotatable bonds is 5. The summed E-state index contributed by atoms with van der Waals surface area (Å²) in [5.41, 5.74) is 6.01. The first kappa shape index (κ1) is 23.1. The molecule has 1 aliphatic carbocycles. The summed E-state index contributed by atoms with van der Waals surface area (Å²) in [6, 6.07) is 15.3. The van der Waals surface area contributed by atoms with Gasteiger partial charge in [0.25, 0.3) is 5.91 Å². The van der Waals surface area contributed by atoms with Crippen LogP contribution in [-0.2, 0) is 16.1 Å². The molecule has 0 aromatic heterocycles. The molecule has 2 aromatic rings. The summed E-state index contributed by atoms with van der Waals surface area (Å²) < 4.78 is 0. The fourth-order valence-corrected chi connectivity index (χ4v) is 5.29. The summed E-state index contributed by atoms with van der Waals surface area (Å²) in [7, 11) is 1.78. The molecule has 5 rings (SSSR count). The third-order valence-corrected chi connectivity index (χ3v) is 7.30. The number of benzene rings is 2. The standard InChI is InChI=1S/C28H32N4O3/c1-30(19-20-12-14-22(15-13-20)31-16-5-2-6-17-31)27(34)21-8-7-9-23(18-21)32-28(35)25-11-4-3-10-24(25)26(33)29-32/h3-4,7-9,12-15,18,24-25H,2,5-6,10-11,16-17,19H2,1H3,(H,29,33)/t24-,25+/m0/s1. The van der Waals surface area contributed by atoms with Crippen molar-refractivity contribution in [2.75, 3.05) is 30.0 Å². The molecular weight excluding hydrogens is 440 g/mol. The van der Waals surface area contributed by atoms with Crippen molar-refractivity contribution in [3.63, 3.8) is 0 Å². The number of hydrogen-bond acceptors (Lipinski definition) is 4. The van der Waals surface area contributed by atoms with Gasteiger partial charge in [0, 0.05) is 37.9 Å². The third kappa shape index (κ3) is 4.81. The Morgan fingerprint density at radius 2 is 1.66 bits per heavy atom. The number of fused-ring (bicyclic) bond motifs is 1. The van der Waals surface area contributed by atoms with E-state index in [2.05, 4.69) is 34.6 Å². The van der Waals surface area contributed by atoms with E-state index < -0.39 is 0 Å². The lowest BCUT2D eigenvalue weighted by Crippen LogP contribution is -2.59. The van der Waals surface area contributed by atoms with Gasteiger partial charge >= 0.3 is 0 Å². The molecule has 3 amide bonds. The van der Waals surface area contributed by atoms with Gasteiger partial charge in [-0.15, -0.1) is 0 Å². The van der Waals surface area contributed by atoms with Gasteiger partial charge in [-0.1, -0.05) is 30.4 Å². The summed E-state index contributed by atoms with van der Waals surface area (Å²) in [5.74, 6) is -1.10. The molecule has 2 heterocycles. The Kier molecular flexibility index (Phi) is 6.57. The molecule has 182 valence electrons. The van der Waals surface area contributed by atoms with Gasteiger partial charge in [-0.2, -0.15) is 0 Å². The molecule has 35 heavy (non-hydrogen) atoms. The molecule has 3 aliphatic rings. The minimum atomic E-state index is -0.358. The molecule has 0 saturated carbocycles. The monoisotopic (exact) mass is 472 g/mol. The number of hydrazine groups is 1. The minimum absolute atomic E-state index is 0.134. The minimum Gasteiger partial charge on any atom is -0.372 e. The van der Waals surface area contributed by atoms with E-state index in [4.69, 9.17) is 0 Å². The molecule has 2 fully saturated rings. The first-order chi connectivity index (χ1) is 17.0. The zero-order chi connectivity index (χ0) is 24.4. The summed E-state index contributed by atoms with van der Waals surface area (Å²) in [6.45, 7) is 2.69. The van der Waals surface area contributed by atoms with E-state index in [1.807, 2.05) is 12.2 Å². The first-order valence-electron chi connectivity index (χ1n) is 12.5. The van der Waals surface area contributed by atoms with Gasteiger partial charge < -0.3 is 9.80 Å². The highest BCUT2D eigenvalue weighted by Gasteiger charge is 2.42. The predicted molar refractivity (Wildman–Crippen MR) is 136 cm³/mol. The van der Waals surface area contributed by atoms with Crippen LogP contribution in [0.4, 0.5) is 11.4 Å². The normalized spacial score (nSPS) is 22.0. The molecule has 7 nitrogen and oxygen atoms in total. The Balaban J connectivity index is 1.26. The second-order valence-electron chi connectivity index (χ2n) is 9.73. The molecule has 7 heteroatoms. The Bertz CT molecular complexity index is 1140. The van der Waals surface area contributed by atoms with E-state index in [0.29, 0.717) is 30.6 Å². The number of nitrogens with zero attached hydrogens (tertiary/aromatic N) is 3. The van der Waals surface area contributed by atoms with Crippen LogP contribution in [0.1, 0.15) is 48.0 Å². The van der Waals surface area contributed by atoms with Crippen LogP contribution in [0.15, 0.2) is 60.7 Å². The van der Waals surface area contributed by atoms with Gasteiger partial charge in [0.05, 0.1) is 17.5 Å². The Labute approximate surface area is 206 Å². The van der Waals surface area contributed by atoms with Crippen LogP contribution < -0.4 is 15.3 Å². The number of hydrogen-bond donors (Lipinski definition) is 1. The Morgan fingerprint density at radius 3 is 2.40 bits per heavy atom. The topological polar surface area (TPSA) is 73.0 Å². The highest BCUT2D eigenvalue weighted by atomic mass is 16.2. The van der Waals surface area contributed by atoms with Crippen LogP contribution in [0.2, 0.25) is 0 Å². The van der Waals surface area contributed by atoms with E-state index in [-0.39, 0.29) is 29.6 Å². The van der Waals surface area contributed by atoms with Crippen LogP contribution in [0, 0.1) is 11.8 Å². The van der Waals surface area contributed by atoms with Crippen molar-refractivity contribution in [3.05, 3.63) is 71.8 Å². The second kappa shape index (κ2) is 9.94. The van der Waals surface area contributed by atoms with Gasteiger partial charge in [-0.25, -0.2) is 5.01 Å². The maximum atomic E-state index is 13.2. The molecule has 2 saturated heterocycles. The second-order valence-corrected chi connectivity index (χ2v) is 9.73. The lowest BCUT2D eigenvalue weighted by atomic mass is 9.80. The van der Waals surface area contributed by atoms with Crippen LogP contribution >= 0.6 is 0 Å². The number of piperidine rings is 1. The molecule has 0 spiro atoms. The summed E-state index contributed by atoms with van der Waals surface area (Å²) >= 11 is 0. The molecule has 2 aromatic carbocycles. The largest absolute Gasteiger partial charge is 0.372 e. The Morgan fingerprint density at radius 1 is 0.943 bits per heavy atom. The fraction of sp³-hybridized carbons (Fsp3) is 0.393. The van der Waals surface area contributed by atoms with Crippen molar-refractivity contribution in [2.45, 2.75) is 38.6 Å². The van der Waals surface area contributed by atoms with Gasteiger partial charge in [-0.05, 0) is 68.0 Å². The van der Waals surface area contributed by atoms with E-state index in [1.54, 1.807) is 36.2 Å². The lowest BCUT2D eigenvalue weighted by molar-refractivity contribution is -0.139. The number of amides is 3. The molecule has 2 atom stereocenters. The van der Waals surface area contributed by atoms with Gasteiger partial charge in [-0.3, -0.25) is 19.8 Å². The molecule has 1 N–H and O–H groups in total. The summed E-state index contributed by atoms with van der Waals surface area (Å²) in [6.07, 6.45) is 8.85. The maximum Gasteiger partial charge on any atom is 0.253 e. The molecular formula is C28H32N4O3. The quantitative estimate of drug-likeness (QED) is 0.670. The van der Waals surface area contributed by atoms with Gasteiger partial charge in [0.2, 0.25) is 11.8 Å². The zero-order valence-corrected chi connectivity index (χ0v) is 20.2. The van der Waals surface area contributed by atoms with E-state index in [9.17, 15) is 14.4 Å². The number of anilines is 2. The first-order valence-corrected chi connectivity index (χ1v) is 12.5. The molecule has 0 bridgehead atoms. The van der Waals surface area contributed by atoms with Crippen LogP contribution in [-0.4, -0.2) is 42.8 Å². The van der Waals surface area contributed by atoms with E-state index in [0.717, 1.165) is 18.7 Å². The maximum absolute atomic E-state index is 13.2. The van der Waals surface area contributed by atoms with Crippen LogP contribution in [0.25, 0.3) is 0 Å². The molecule has 0 unspecified atom stereocenters. The summed E-state index contributed by atoms with van der Waals surface area (Å²) in [5, 5.41) is 1.30. The SMILES string of the molecule is CN(Cc1ccc(N2CCCCC2)cc1)C(=O)c1cccc(N2NC(=O)[C@H]3CC=CC[C@H]3C2=O)c1. The van der Waals surface area contributed by atoms with Crippen molar-refractivity contribution in [3.8, 4) is 0 Å². The average Bonchev–Trinajstić information content (AvgIpc) is 2.91. The third-order valence-electron chi connectivity index (χ3n) is 7.30. The van der Waals surface area contributed by atoms with Crippen molar-refractivity contribution < 1.29 is 14.4 Å². The number of nitrogens with one attached hydrogen (secondary N) is 1. The van der Waals surface area contributed by atoms with Crippen molar-refractivity contribution in [1.29, 1.82) is 0 Å². The zero-order valence-electron chi connectivity index (χ0n) is 20.2. The average molecular weight is 473 g/mol. The highest BCUT2D eigenvalue weighted by Crippen LogP contribution is 2.32. The number of carbonyl (C=O) groups is 3. The van der Waals surface area contributed by atoms with E-state index in [1.165, 1.54) is 30.0 Å². The highest BCUT2D eigenvalue weighted by molar-refractivity contribution is 6.05. The smallest absolute Gasteiger partial charge is 0.253 e. The van der Waals surface area contributed by atoms with Crippen LogP contribution in [0.5, 0.6) is 0 Å². The van der Waals surface area contributed by atoms with Crippen LogP contribution in [0.3, 0.4) is 0 Å². The van der Waals surface area contributed by atoms with Crippen molar-refractivity contribution >= 4 is 29.1 Å². The number of carbonyl (C=O) groups excluding carboxylic acids is 3. The molecule has 0 radical (unpaired) electrons. The van der Waals surface area contributed by atoms with Crippen molar-refractivity contribution in [1.82, 2.24) is 10.3 Å². The summed E-state index contributed by atoms with van der Waals surface area (Å²) in [4.78, 5) is 43.0. The predicted octanol–water partition coefficient (Wildman–Crippen LogP) is 3.91. The van der Waals surface area contributed by atoms with E-state index >= 15 is 0 Å². The fourth-order valence-electron chi connectivity index (χ4n) is 5.29. The molecule has 2 aliphatic heterocycles. The van der Waals surface area contributed by atoms with Crippen molar-refractivity contribution in [2.24, 2.45) is 11.8 Å². The lowest BCUT2D eigenvalue weighted by Gasteiger charge is -2.38. The number of allylic oxidation sites excluding steroid dienone is 2. The Hall–Kier alpha value is -3.61. The van der Waals surface area contributed by atoms with Gasteiger partial charge in [0.15, 0.2) is 0 Å². The van der Waals surface area contributed by atoms with Gasteiger partial charge in [0.1, 0.15) is 0 Å².